The summed E-state index contributed by atoms with van der Waals surface area (Å²) in [6.45, 7) is 7.22. The zero-order valence-corrected chi connectivity index (χ0v) is 18.7. The third-order valence-electron chi connectivity index (χ3n) is 6.89. The molecule has 168 valence electrons. The minimum atomic E-state index is -0.636. The maximum absolute atomic E-state index is 14.4. The number of benzene rings is 2. The minimum absolute atomic E-state index is 0.0528. The Morgan fingerprint density at radius 2 is 1.91 bits per heavy atom. The van der Waals surface area contributed by atoms with Gasteiger partial charge in [0.1, 0.15) is 17.5 Å². The van der Waals surface area contributed by atoms with Gasteiger partial charge in [-0.2, -0.15) is 0 Å². The lowest BCUT2D eigenvalue weighted by atomic mass is 9.96. The molecule has 6 heteroatoms. The Hall–Kier alpha value is -2.60. The first-order chi connectivity index (χ1) is 15.4. The van der Waals surface area contributed by atoms with Crippen molar-refractivity contribution < 1.29 is 8.78 Å². The molecule has 0 N–H and O–H groups in total. The molecule has 4 nitrogen and oxygen atoms in total. The topological polar surface area (TPSA) is 38.1 Å². The summed E-state index contributed by atoms with van der Waals surface area (Å²) in [4.78, 5) is 21.0. The monoisotopic (exact) mass is 437 g/mol. The van der Waals surface area contributed by atoms with Gasteiger partial charge < -0.3 is 4.90 Å². The van der Waals surface area contributed by atoms with E-state index in [4.69, 9.17) is 4.98 Å². The number of aromatic nitrogens is 2. The van der Waals surface area contributed by atoms with Gasteiger partial charge in [0, 0.05) is 36.7 Å². The third kappa shape index (κ3) is 4.08. The predicted octanol–water partition coefficient (Wildman–Crippen LogP) is 5.34. The Bertz CT molecular complexity index is 1220. The maximum atomic E-state index is 14.4. The number of halogens is 2. The summed E-state index contributed by atoms with van der Waals surface area (Å²) in [5.41, 5.74) is 1.43. The van der Waals surface area contributed by atoms with Gasteiger partial charge in [-0.15, -0.1) is 0 Å². The Kier molecular flexibility index (Phi) is 5.58. The fourth-order valence-electron chi connectivity index (χ4n) is 4.93. The van der Waals surface area contributed by atoms with Crippen LogP contribution in [0, 0.1) is 17.6 Å². The van der Waals surface area contributed by atoms with E-state index in [-0.39, 0.29) is 11.1 Å². The van der Waals surface area contributed by atoms with E-state index >= 15 is 0 Å². The zero-order chi connectivity index (χ0) is 22.4. The molecule has 0 bridgehead atoms. The molecule has 1 aliphatic heterocycles. The molecule has 0 spiro atoms. The molecule has 3 aromatic rings. The fourth-order valence-corrected chi connectivity index (χ4v) is 4.93. The second kappa shape index (κ2) is 8.39. The summed E-state index contributed by atoms with van der Waals surface area (Å²) >= 11 is 0. The summed E-state index contributed by atoms with van der Waals surface area (Å²) in [5.74, 6) is 0.408. The van der Waals surface area contributed by atoms with Crippen LogP contribution < -0.4 is 5.56 Å². The second-order valence-corrected chi connectivity index (χ2v) is 9.61. The van der Waals surface area contributed by atoms with E-state index in [0.717, 1.165) is 50.7 Å². The maximum Gasteiger partial charge on any atom is 0.261 e. The van der Waals surface area contributed by atoms with E-state index in [9.17, 15) is 13.6 Å². The molecule has 0 radical (unpaired) electrons. The molecular weight excluding hydrogens is 408 g/mol. The van der Waals surface area contributed by atoms with Crippen molar-refractivity contribution in [2.24, 2.45) is 5.92 Å². The summed E-state index contributed by atoms with van der Waals surface area (Å²) in [7, 11) is 0. The highest BCUT2D eigenvalue weighted by atomic mass is 19.1. The highest BCUT2D eigenvalue weighted by Crippen LogP contribution is 2.39. The van der Waals surface area contributed by atoms with E-state index in [2.05, 4.69) is 18.7 Å². The number of nitrogens with zero attached hydrogens (tertiary/aromatic N) is 3. The van der Waals surface area contributed by atoms with Gasteiger partial charge in [0.15, 0.2) is 0 Å². The minimum Gasteiger partial charge on any atom is -0.301 e. The van der Waals surface area contributed by atoms with Crippen LogP contribution in [-0.2, 0) is 6.54 Å². The number of hydrogen-bond donors (Lipinski definition) is 0. The molecule has 1 atom stereocenters. The Morgan fingerprint density at radius 1 is 1.09 bits per heavy atom. The van der Waals surface area contributed by atoms with Crippen LogP contribution >= 0.6 is 0 Å². The smallest absolute Gasteiger partial charge is 0.261 e. The first-order valence-corrected chi connectivity index (χ1v) is 11.6. The van der Waals surface area contributed by atoms with Gasteiger partial charge in [-0.3, -0.25) is 9.36 Å². The van der Waals surface area contributed by atoms with Crippen LogP contribution in [0.3, 0.4) is 0 Å². The van der Waals surface area contributed by atoms with Crippen molar-refractivity contribution in [1.82, 2.24) is 14.5 Å². The van der Waals surface area contributed by atoms with Crippen molar-refractivity contribution in [2.45, 2.75) is 58.0 Å². The van der Waals surface area contributed by atoms with Crippen molar-refractivity contribution in [3.05, 3.63) is 64.2 Å². The highest BCUT2D eigenvalue weighted by molar-refractivity contribution is 5.84. The molecule has 1 aromatic heterocycles. The van der Waals surface area contributed by atoms with E-state index < -0.39 is 11.6 Å². The van der Waals surface area contributed by atoms with E-state index in [1.165, 1.54) is 12.1 Å². The Morgan fingerprint density at radius 3 is 2.62 bits per heavy atom. The molecule has 2 heterocycles. The molecule has 1 saturated carbocycles. The van der Waals surface area contributed by atoms with Crippen LogP contribution in [0.5, 0.6) is 0 Å². The molecular formula is C26H29F2N3O. The van der Waals surface area contributed by atoms with Crippen LogP contribution in [0.25, 0.3) is 22.0 Å². The van der Waals surface area contributed by atoms with Crippen molar-refractivity contribution >= 4 is 10.9 Å². The van der Waals surface area contributed by atoms with Gasteiger partial charge in [-0.25, -0.2) is 13.8 Å². The normalized spacial score (nSPS) is 19.7. The molecule has 1 unspecified atom stereocenters. The number of likely N-dealkylation sites (tertiary alicyclic amines) is 1. The number of rotatable bonds is 5. The van der Waals surface area contributed by atoms with Crippen LogP contribution in [-0.4, -0.2) is 33.6 Å². The van der Waals surface area contributed by atoms with Crippen molar-refractivity contribution in [1.29, 1.82) is 0 Å². The van der Waals surface area contributed by atoms with Crippen molar-refractivity contribution in [3.8, 4) is 11.1 Å². The molecule has 2 fully saturated rings. The zero-order valence-electron chi connectivity index (χ0n) is 18.7. The van der Waals surface area contributed by atoms with Crippen molar-refractivity contribution in [3.63, 3.8) is 0 Å². The van der Waals surface area contributed by atoms with Crippen LogP contribution in [0.2, 0.25) is 0 Å². The lowest BCUT2D eigenvalue weighted by molar-refractivity contribution is 0.129. The quantitative estimate of drug-likeness (QED) is 0.541. The number of hydrogen-bond acceptors (Lipinski definition) is 3. The second-order valence-electron chi connectivity index (χ2n) is 9.61. The van der Waals surface area contributed by atoms with Crippen molar-refractivity contribution in [2.75, 3.05) is 13.1 Å². The van der Waals surface area contributed by atoms with Gasteiger partial charge >= 0.3 is 0 Å². The lowest BCUT2D eigenvalue weighted by Crippen LogP contribution is -2.42. The number of fused-ring (bicyclic) bond motifs is 1. The predicted molar refractivity (Wildman–Crippen MR) is 123 cm³/mol. The van der Waals surface area contributed by atoms with E-state index in [1.807, 2.05) is 4.57 Å². The third-order valence-corrected chi connectivity index (χ3v) is 6.89. The van der Waals surface area contributed by atoms with E-state index in [1.54, 1.807) is 18.2 Å². The van der Waals surface area contributed by atoms with Crippen LogP contribution in [0.4, 0.5) is 8.78 Å². The highest BCUT2D eigenvalue weighted by Gasteiger charge is 2.31. The number of piperidine rings is 1. The molecule has 1 aliphatic carbocycles. The fraction of sp³-hybridized carbons (Fsp3) is 0.462. The van der Waals surface area contributed by atoms with Gasteiger partial charge in [-0.1, -0.05) is 6.07 Å². The lowest BCUT2D eigenvalue weighted by Gasteiger charge is -2.35. The summed E-state index contributed by atoms with van der Waals surface area (Å²) in [5, 5.41) is 0.493. The van der Waals surface area contributed by atoms with Gasteiger partial charge in [0.05, 0.1) is 10.9 Å². The first-order valence-electron chi connectivity index (χ1n) is 11.6. The molecule has 0 amide bonds. The first kappa shape index (κ1) is 21.3. The molecule has 32 heavy (non-hydrogen) atoms. The van der Waals surface area contributed by atoms with Gasteiger partial charge in [0.25, 0.3) is 5.56 Å². The molecule has 1 saturated heterocycles. The largest absolute Gasteiger partial charge is 0.301 e. The van der Waals surface area contributed by atoms with Crippen LogP contribution in [0.15, 0.2) is 41.2 Å². The van der Waals surface area contributed by atoms with Crippen LogP contribution in [0.1, 0.15) is 51.3 Å². The standard InChI is InChI=1S/C26H29F2N3O/c1-16(2)30-11-3-4-17(14-30)15-31-25(18-5-6-18)29-24-10-7-19(12-22(24)26(31)32)21-9-8-20(27)13-23(21)28/h7-10,12-13,16-18H,3-6,11,14-15H2,1-2H3. The van der Waals surface area contributed by atoms with E-state index in [0.29, 0.717) is 40.9 Å². The molecule has 2 aliphatic rings. The Labute approximate surface area is 186 Å². The molecule has 5 rings (SSSR count). The summed E-state index contributed by atoms with van der Waals surface area (Å²) < 4.78 is 29.6. The van der Waals surface area contributed by atoms with Gasteiger partial charge in [0.2, 0.25) is 0 Å². The van der Waals surface area contributed by atoms with Gasteiger partial charge in [-0.05, 0) is 81.8 Å². The average molecular weight is 438 g/mol. The average Bonchev–Trinajstić information content (AvgIpc) is 3.61. The summed E-state index contributed by atoms with van der Waals surface area (Å²) in [6, 6.07) is 9.27. The SMILES string of the molecule is CC(C)N1CCCC(Cn2c(C3CC3)nc3ccc(-c4ccc(F)cc4F)cc3c2=O)C1. The Balaban J connectivity index is 1.56. The molecule has 2 aromatic carbocycles. The summed E-state index contributed by atoms with van der Waals surface area (Å²) in [6.07, 6.45) is 4.39.